The molecule has 3 aromatic rings. The van der Waals surface area contributed by atoms with Crippen LogP contribution in [-0.2, 0) is 9.53 Å². The van der Waals surface area contributed by atoms with Crippen LogP contribution in [0.3, 0.4) is 0 Å². The van der Waals surface area contributed by atoms with Crippen molar-refractivity contribution in [3.8, 4) is 11.3 Å². The Bertz CT molecular complexity index is 987. The molecule has 3 rings (SSSR count). The molecule has 0 saturated heterocycles. The lowest BCUT2D eigenvalue weighted by molar-refractivity contribution is -0.119. The summed E-state index contributed by atoms with van der Waals surface area (Å²) in [7, 11) is 0. The first kappa shape index (κ1) is 19.4. The Labute approximate surface area is 169 Å². The van der Waals surface area contributed by atoms with Crippen LogP contribution in [0.5, 0.6) is 0 Å². The molecule has 138 valence electrons. The highest BCUT2D eigenvalue weighted by atomic mass is 35.5. The van der Waals surface area contributed by atoms with Gasteiger partial charge in [0.15, 0.2) is 11.7 Å². The lowest BCUT2D eigenvalue weighted by atomic mass is 10.1. The molecule has 0 saturated carbocycles. The molecule has 1 N–H and O–H groups in total. The Kier molecular flexibility index (Phi) is 6.11. The number of hydrogen-bond acceptors (Lipinski definition) is 5. The second kappa shape index (κ2) is 8.52. The number of amides is 1. The van der Waals surface area contributed by atoms with Crippen LogP contribution in [0.15, 0.2) is 47.8 Å². The molecule has 0 fully saturated rings. The molecule has 0 spiro atoms. The van der Waals surface area contributed by atoms with Crippen LogP contribution >= 0.6 is 34.5 Å². The van der Waals surface area contributed by atoms with E-state index in [1.807, 2.05) is 36.6 Å². The zero-order valence-electron chi connectivity index (χ0n) is 14.2. The number of halogens is 2. The van der Waals surface area contributed by atoms with Crippen molar-refractivity contribution in [1.82, 2.24) is 4.98 Å². The van der Waals surface area contributed by atoms with Crippen LogP contribution in [0.1, 0.15) is 15.9 Å². The number of carbonyl (C=O) groups is 2. The van der Waals surface area contributed by atoms with Gasteiger partial charge in [-0.25, -0.2) is 9.78 Å². The fourth-order valence-corrected chi connectivity index (χ4v) is 3.21. The lowest BCUT2D eigenvalue weighted by Crippen LogP contribution is -2.20. The van der Waals surface area contributed by atoms with Gasteiger partial charge in [-0.15, -0.1) is 11.3 Å². The molecule has 0 aliphatic rings. The number of thiazole rings is 1. The summed E-state index contributed by atoms with van der Waals surface area (Å²) in [5.74, 6) is -1.14. The van der Waals surface area contributed by atoms with E-state index in [-0.39, 0.29) is 10.6 Å². The minimum atomic E-state index is -0.664. The van der Waals surface area contributed by atoms with Crippen molar-refractivity contribution in [2.75, 3.05) is 11.9 Å². The number of carbonyl (C=O) groups excluding carboxylic acids is 2. The molecule has 1 heterocycles. The second-order valence-corrected chi connectivity index (χ2v) is 7.33. The summed E-state index contributed by atoms with van der Waals surface area (Å²) in [4.78, 5) is 28.3. The van der Waals surface area contributed by atoms with Gasteiger partial charge in [0.1, 0.15) is 0 Å². The van der Waals surface area contributed by atoms with Gasteiger partial charge in [-0.1, -0.05) is 53.0 Å². The molecule has 0 bridgehead atoms. The Morgan fingerprint density at radius 3 is 2.56 bits per heavy atom. The van der Waals surface area contributed by atoms with Crippen LogP contribution in [0, 0.1) is 6.92 Å². The molecular weight excluding hydrogens is 407 g/mol. The SMILES string of the molecule is Cc1ccc(-c2csc(NC(=O)COC(=O)c3ccc(Cl)c(Cl)c3)n2)cc1. The zero-order valence-corrected chi connectivity index (χ0v) is 16.5. The molecular formula is C19H14Cl2N2O3S. The van der Waals surface area contributed by atoms with E-state index in [2.05, 4.69) is 10.3 Å². The Hall–Kier alpha value is -2.41. The van der Waals surface area contributed by atoms with Crippen LogP contribution in [0.25, 0.3) is 11.3 Å². The van der Waals surface area contributed by atoms with Crippen molar-refractivity contribution < 1.29 is 14.3 Å². The largest absolute Gasteiger partial charge is 0.452 e. The van der Waals surface area contributed by atoms with E-state index in [4.69, 9.17) is 27.9 Å². The molecule has 5 nitrogen and oxygen atoms in total. The normalized spacial score (nSPS) is 10.5. The van der Waals surface area contributed by atoms with Gasteiger partial charge in [0, 0.05) is 10.9 Å². The maximum absolute atomic E-state index is 12.0. The van der Waals surface area contributed by atoms with Crippen molar-refractivity contribution in [1.29, 1.82) is 0 Å². The van der Waals surface area contributed by atoms with E-state index in [0.29, 0.717) is 10.2 Å². The number of aromatic nitrogens is 1. The number of anilines is 1. The van der Waals surface area contributed by atoms with Crippen molar-refractivity contribution in [3.63, 3.8) is 0 Å². The molecule has 0 aliphatic heterocycles. The summed E-state index contributed by atoms with van der Waals surface area (Å²) < 4.78 is 4.99. The van der Waals surface area contributed by atoms with E-state index in [0.717, 1.165) is 16.8 Å². The average molecular weight is 421 g/mol. The maximum Gasteiger partial charge on any atom is 0.338 e. The van der Waals surface area contributed by atoms with Gasteiger partial charge < -0.3 is 4.74 Å². The summed E-state index contributed by atoms with van der Waals surface area (Å²) in [6.07, 6.45) is 0. The summed E-state index contributed by atoms with van der Waals surface area (Å²) in [5, 5.41) is 5.47. The molecule has 0 radical (unpaired) electrons. The van der Waals surface area contributed by atoms with Gasteiger partial charge in [-0.2, -0.15) is 0 Å². The summed E-state index contributed by atoms with van der Waals surface area (Å²) in [5.41, 5.74) is 3.10. The molecule has 2 aromatic carbocycles. The van der Waals surface area contributed by atoms with Gasteiger partial charge in [-0.05, 0) is 25.1 Å². The van der Waals surface area contributed by atoms with Gasteiger partial charge >= 0.3 is 5.97 Å². The fourth-order valence-electron chi connectivity index (χ4n) is 2.18. The first-order chi connectivity index (χ1) is 12.9. The minimum absolute atomic E-state index is 0.216. The van der Waals surface area contributed by atoms with Crippen LogP contribution < -0.4 is 5.32 Å². The number of ether oxygens (including phenoxy) is 1. The summed E-state index contributed by atoms with van der Waals surface area (Å²) in [6, 6.07) is 12.3. The number of aryl methyl sites for hydroxylation is 1. The zero-order chi connectivity index (χ0) is 19.4. The topological polar surface area (TPSA) is 68.3 Å². The van der Waals surface area contributed by atoms with Gasteiger partial charge in [0.05, 0.1) is 21.3 Å². The predicted molar refractivity (Wildman–Crippen MR) is 108 cm³/mol. The lowest BCUT2D eigenvalue weighted by Gasteiger charge is -2.05. The average Bonchev–Trinajstić information content (AvgIpc) is 3.11. The first-order valence-corrected chi connectivity index (χ1v) is 9.50. The van der Waals surface area contributed by atoms with Gasteiger partial charge in [-0.3, -0.25) is 10.1 Å². The number of nitrogens with zero attached hydrogens (tertiary/aromatic N) is 1. The van der Waals surface area contributed by atoms with Crippen molar-refractivity contribution >= 4 is 51.5 Å². The van der Waals surface area contributed by atoms with Crippen LogP contribution in [-0.4, -0.2) is 23.5 Å². The predicted octanol–water partition coefficient (Wildman–Crippen LogP) is 5.22. The molecule has 1 aromatic heterocycles. The van der Waals surface area contributed by atoms with Gasteiger partial charge in [0.25, 0.3) is 5.91 Å². The molecule has 0 aliphatic carbocycles. The monoisotopic (exact) mass is 420 g/mol. The highest BCUT2D eigenvalue weighted by Gasteiger charge is 2.13. The third-order valence-electron chi connectivity index (χ3n) is 3.59. The summed E-state index contributed by atoms with van der Waals surface area (Å²) in [6.45, 7) is 1.58. The summed E-state index contributed by atoms with van der Waals surface area (Å²) >= 11 is 13.0. The number of rotatable bonds is 5. The van der Waals surface area contributed by atoms with Crippen LogP contribution in [0.2, 0.25) is 10.0 Å². The smallest absolute Gasteiger partial charge is 0.338 e. The van der Waals surface area contributed by atoms with Crippen molar-refractivity contribution in [2.24, 2.45) is 0 Å². The third-order valence-corrected chi connectivity index (χ3v) is 5.08. The van der Waals surface area contributed by atoms with Crippen molar-refractivity contribution in [3.05, 3.63) is 69.0 Å². The molecule has 0 unspecified atom stereocenters. The third kappa shape index (κ3) is 5.07. The van der Waals surface area contributed by atoms with Crippen LogP contribution in [0.4, 0.5) is 5.13 Å². The number of nitrogens with one attached hydrogen (secondary N) is 1. The number of hydrogen-bond donors (Lipinski definition) is 1. The maximum atomic E-state index is 12.0. The standard InChI is InChI=1S/C19H14Cl2N2O3S/c1-11-2-4-12(5-3-11)16-10-27-19(22-16)23-17(24)9-26-18(25)13-6-7-14(20)15(21)8-13/h2-8,10H,9H2,1H3,(H,22,23,24). The van der Waals surface area contributed by atoms with Crippen molar-refractivity contribution in [2.45, 2.75) is 6.92 Å². The van der Waals surface area contributed by atoms with Gasteiger partial charge in [0.2, 0.25) is 0 Å². The van der Waals surface area contributed by atoms with E-state index >= 15 is 0 Å². The minimum Gasteiger partial charge on any atom is -0.452 e. The first-order valence-electron chi connectivity index (χ1n) is 7.87. The van der Waals surface area contributed by atoms with E-state index < -0.39 is 18.5 Å². The Balaban J connectivity index is 1.55. The molecule has 8 heteroatoms. The van der Waals surface area contributed by atoms with E-state index in [1.165, 1.54) is 29.5 Å². The number of esters is 1. The highest BCUT2D eigenvalue weighted by Crippen LogP contribution is 2.25. The van der Waals surface area contributed by atoms with E-state index in [1.54, 1.807) is 0 Å². The number of benzene rings is 2. The molecule has 27 heavy (non-hydrogen) atoms. The Morgan fingerprint density at radius 1 is 1.11 bits per heavy atom. The highest BCUT2D eigenvalue weighted by molar-refractivity contribution is 7.14. The molecule has 0 atom stereocenters. The second-order valence-electron chi connectivity index (χ2n) is 5.66. The van der Waals surface area contributed by atoms with E-state index in [9.17, 15) is 9.59 Å². The fraction of sp³-hybridized carbons (Fsp3) is 0.105. The Morgan fingerprint density at radius 2 is 1.85 bits per heavy atom. The molecule has 1 amide bonds. The quantitative estimate of drug-likeness (QED) is 0.574.